The lowest BCUT2D eigenvalue weighted by Gasteiger charge is -2.22. The van der Waals surface area contributed by atoms with E-state index in [4.69, 9.17) is 4.74 Å². The van der Waals surface area contributed by atoms with Crippen molar-refractivity contribution in [3.63, 3.8) is 0 Å². The number of rotatable bonds is 52. The van der Waals surface area contributed by atoms with Crippen molar-refractivity contribution >= 4 is 11.9 Å². The Balaban J connectivity index is 3.38. The fourth-order valence-corrected chi connectivity index (χ4v) is 8.67. The molecule has 0 fully saturated rings. The molecule has 0 aromatic carbocycles. The fraction of sp³-hybridized carbons (Fsp3) is 0.895. The second-order valence-electron chi connectivity index (χ2n) is 19.3. The first-order valence-corrected chi connectivity index (χ1v) is 28.1. The van der Waals surface area contributed by atoms with E-state index >= 15 is 0 Å². The minimum atomic E-state index is -0.664. The van der Waals surface area contributed by atoms with Crippen molar-refractivity contribution < 1.29 is 24.5 Å². The molecule has 6 nitrogen and oxygen atoms in total. The number of nitrogens with one attached hydrogen (secondary N) is 1. The summed E-state index contributed by atoms with van der Waals surface area (Å²) in [5.41, 5.74) is 0. The molecule has 0 aromatic rings. The van der Waals surface area contributed by atoms with Gasteiger partial charge in [0, 0.05) is 12.8 Å². The van der Waals surface area contributed by atoms with Crippen LogP contribution in [0.5, 0.6) is 0 Å². The van der Waals surface area contributed by atoms with Gasteiger partial charge in [-0.2, -0.15) is 0 Å². The Morgan fingerprint density at radius 2 is 0.794 bits per heavy atom. The second-order valence-corrected chi connectivity index (χ2v) is 19.3. The standard InChI is InChI=1S/C57H109NO5/c1-3-5-7-9-11-13-15-16-23-27-31-35-39-43-47-51-57(62)63-52-48-44-40-36-32-28-25-22-20-18-17-19-21-24-26-30-34-38-42-46-50-56(61)58-54(53-59)55(60)49-45-41-37-33-29-14-12-10-8-6-4-2/h11,13,16,23,54-55,59-60H,3-10,12,14-15,17-22,24-53H2,1-2H3,(H,58,61)/b13-11-,23-16-. The predicted molar refractivity (Wildman–Crippen MR) is 273 cm³/mol. The molecule has 0 aliphatic rings. The molecule has 0 saturated heterocycles. The molecule has 1 amide bonds. The van der Waals surface area contributed by atoms with Gasteiger partial charge in [0.15, 0.2) is 0 Å². The first-order valence-electron chi connectivity index (χ1n) is 28.1. The molecule has 372 valence electrons. The molecule has 2 unspecified atom stereocenters. The molecule has 0 radical (unpaired) electrons. The average Bonchev–Trinajstić information content (AvgIpc) is 3.28. The molecule has 0 saturated carbocycles. The number of allylic oxidation sites excluding steroid dienone is 4. The molecule has 0 heterocycles. The largest absolute Gasteiger partial charge is 0.466 e. The molecule has 0 rings (SSSR count). The molecule has 2 atom stereocenters. The Kier molecular flexibility index (Phi) is 51.6. The summed E-state index contributed by atoms with van der Waals surface area (Å²) in [5.74, 6) is -0.0412. The third-order valence-corrected chi connectivity index (χ3v) is 13.0. The Labute approximate surface area is 392 Å². The van der Waals surface area contributed by atoms with E-state index in [2.05, 4.69) is 43.5 Å². The molecule has 0 aliphatic heterocycles. The third kappa shape index (κ3) is 49.6. The van der Waals surface area contributed by atoms with Gasteiger partial charge in [-0.05, 0) is 57.8 Å². The number of hydrogen-bond donors (Lipinski definition) is 3. The van der Waals surface area contributed by atoms with Gasteiger partial charge in [-0.15, -0.1) is 0 Å². The minimum Gasteiger partial charge on any atom is -0.466 e. The lowest BCUT2D eigenvalue weighted by molar-refractivity contribution is -0.143. The molecule has 0 bridgehead atoms. The summed E-state index contributed by atoms with van der Waals surface area (Å²) in [7, 11) is 0. The zero-order valence-electron chi connectivity index (χ0n) is 42.3. The zero-order chi connectivity index (χ0) is 45.8. The van der Waals surface area contributed by atoms with E-state index in [0.29, 0.717) is 25.9 Å². The maximum absolute atomic E-state index is 12.4. The molecule has 0 spiro atoms. The topological polar surface area (TPSA) is 95.9 Å². The smallest absolute Gasteiger partial charge is 0.305 e. The number of carbonyl (C=O) groups is 2. The maximum Gasteiger partial charge on any atom is 0.305 e. The molecule has 3 N–H and O–H groups in total. The number of aliphatic hydroxyl groups excluding tert-OH is 2. The van der Waals surface area contributed by atoms with Crippen molar-refractivity contribution in [1.29, 1.82) is 0 Å². The van der Waals surface area contributed by atoms with Crippen LogP contribution in [0.1, 0.15) is 303 Å². The first kappa shape index (κ1) is 61.3. The van der Waals surface area contributed by atoms with Crippen molar-refractivity contribution in [3.05, 3.63) is 24.3 Å². The Morgan fingerprint density at radius 3 is 1.24 bits per heavy atom. The van der Waals surface area contributed by atoms with Crippen molar-refractivity contribution in [3.8, 4) is 0 Å². The van der Waals surface area contributed by atoms with Gasteiger partial charge in [0.05, 0.1) is 25.4 Å². The first-order chi connectivity index (χ1) is 31.0. The van der Waals surface area contributed by atoms with Crippen LogP contribution < -0.4 is 5.32 Å². The highest BCUT2D eigenvalue weighted by Gasteiger charge is 2.20. The maximum atomic E-state index is 12.4. The molecule has 0 aromatic heterocycles. The van der Waals surface area contributed by atoms with Gasteiger partial charge in [0.25, 0.3) is 0 Å². The normalized spacial score (nSPS) is 12.8. The summed E-state index contributed by atoms with van der Waals surface area (Å²) in [4.78, 5) is 24.5. The van der Waals surface area contributed by atoms with Crippen molar-refractivity contribution in [1.82, 2.24) is 5.32 Å². The highest BCUT2D eigenvalue weighted by Crippen LogP contribution is 2.17. The average molecular weight is 889 g/mol. The third-order valence-electron chi connectivity index (χ3n) is 13.0. The van der Waals surface area contributed by atoms with E-state index in [0.717, 1.165) is 51.4 Å². The predicted octanol–water partition coefficient (Wildman–Crippen LogP) is 17.1. The number of carbonyl (C=O) groups excluding carboxylic acids is 2. The van der Waals surface area contributed by atoms with Gasteiger partial charge in [0.2, 0.25) is 5.91 Å². The summed E-state index contributed by atoms with van der Waals surface area (Å²) < 4.78 is 5.47. The second kappa shape index (κ2) is 53.0. The van der Waals surface area contributed by atoms with Crippen LogP contribution in [0.15, 0.2) is 24.3 Å². The summed E-state index contributed by atoms with van der Waals surface area (Å²) in [6, 6.07) is -0.541. The fourth-order valence-electron chi connectivity index (χ4n) is 8.67. The monoisotopic (exact) mass is 888 g/mol. The number of hydrogen-bond acceptors (Lipinski definition) is 5. The van der Waals surface area contributed by atoms with Crippen LogP contribution in [-0.4, -0.2) is 47.4 Å². The number of unbranched alkanes of at least 4 members (excludes halogenated alkanes) is 37. The van der Waals surface area contributed by atoms with Gasteiger partial charge in [-0.25, -0.2) is 0 Å². The SMILES string of the molecule is CCCCC/C=C\C/C=C\CCCCCCCC(=O)OCCCCCCCCCCCCCCCCCCCCCCC(=O)NC(CO)C(O)CCCCCCCCCCCCC. The Bertz CT molecular complexity index is 982. The van der Waals surface area contributed by atoms with Crippen LogP contribution >= 0.6 is 0 Å². The van der Waals surface area contributed by atoms with E-state index in [1.54, 1.807) is 0 Å². The van der Waals surface area contributed by atoms with Gasteiger partial charge >= 0.3 is 5.97 Å². The van der Waals surface area contributed by atoms with Gasteiger partial charge in [-0.1, -0.05) is 256 Å². The van der Waals surface area contributed by atoms with E-state index in [-0.39, 0.29) is 18.5 Å². The van der Waals surface area contributed by atoms with Crippen LogP contribution in [0, 0.1) is 0 Å². The molecule has 0 aliphatic carbocycles. The number of aliphatic hydroxyl groups is 2. The molecule has 63 heavy (non-hydrogen) atoms. The highest BCUT2D eigenvalue weighted by atomic mass is 16.5. The quantitative estimate of drug-likeness (QED) is 0.0321. The van der Waals surface area contributed by atoms with Crippen LogP contribution in [0.25, 0.3) is 0 Å². The summed E-state index contributed by atoms with van der Waals surface area (Å²) in [6.07, 6.45) is 63.1. The van der Waals surface area contributed by atoms with Crippen molar-refractivity contribution in [2.75, 3.05) is 13.2 Å². The van der Waals surface area contributed by atoms with Crippen LogP contribution in [0.2, 0.25) is 0 Å². The van der Waals surface area contributed by atoms with Gasteiger partial charge in [0.1, 0.15) is 0 Å². The van der Waals surface area contributed by atoms with E-state index in [1.807, 2.05) is 0 Å². The van der Waals surface area contributed by atoms with E-state index in [9.17, 15) is 19.8 Å². The van der Waals surface area contributed by atoms with E-state index in [1.165, 1.54) is 218 Å². The van der Waals surface area contributed by atoms with E-state index < -0.39 is 12.1 Å². The lowest BCUT2D eigenvalue weighted by Crippen LogP contribution is -2.45. The summed E-state index contributed by atoms with van der Waals surface area (Å²) in [6.45, 7) is 4.91. The molecular weight excluding hydrogens is 779 g/mol. The summed E-state index contributed by atoms with van der Waals surface area (Å²) >= 11 is 0. The van der Waals surface area contributed by atoms with Crippen molar-refractivity contribution in [2.24, 2.45) is 0 Å². The van der Waals surface area contributed by atoms with Gasteiger partial charge in [-0.3, -0.25) is 9.59 Å². The highest BCUT2D eigenvalue weighted by molar-refractivity contribution is 5.76. The Morgan fingerprint density at radius 1 is 0.444 bits per heavy atom. The zero-order valence-corrected chi connectivity index (χ0v) is 42.3. The van der Waals surface area contributed by atoms with Crippen LogP contribution in [-0.2, 0) is 14.3 Å². The van der Waals surface area contributed by atoms with Gasteiger partial charge < -0.3 is 20.3 Å². The van der Waals surface area contributed by atoms with Crippen LogP contribution in [0.3, 0.4) is 0 Å². The molecular formula is C57H109NO5. The molecule has 6 heteroatoms. The van der Waals surface area contributed by atoms with Crippen LogP contribution in [0.4, 0.5) is 0 Å². The number of ether oxygens (including phenoxy) is 1. The number of esters is 1. The minimum absolute atomic E-state index is 0.00344. The van der Waals surface area contributed by atoms with Crippen molar-refractivity contribution in [2.45, 2.75) is 315 Å². The number of amides is 1. The summed E-state index contributed by atoms with van der Waals surface area (Å²) in [5, 5.41) is 23.2. The lowest BCUT2D eigenvalue weighted by atomic mass is 10.0. The Hall–Kier alpha value is -1.66.